The van der Waals surface area contributed by atoms with Gasteiger partial charge >= 0.3 is 0 Å². The van der Waals surface area contributed by atoms with Crippen LogP contribution in [0.2, 0.25) is 0 Å². The summed E-state index contributed by atoms with van der Waals surface area (Å²) in [6.07, 6.45) is -1.28. The fourth-order valence-corrected chi connectivity index (χ4v) is 3.76. The van der Waals surface area contributed by atoms with E-state index >= 15 is 0 Å². The van der Waals surface area contributed by atoms with Crippen molar-refractivity contribution in [3.63, 3.8) is 0 Å². The fraction of sp³-hybridized carbons (Fsp3) is 0.357. The third-order valence-electron chi connectivity index (χ3n) is 5.24. The van der Waals surface area contributed by atoms with Crippen LogP contribution >= 0.6 is 0 Å². The van der Waals surface area contributed by atoms with Crippen molar-refractivity contribution in [2.75, 3.05) is 36.9 Å². The monoisotopic (exact) mass is 464 g/mol. The second-order valence-electron chi connectivity index (χ2n) is 8.92. The first-order chi connectivity index (χ1) is 16.3. The molecule has 3 aromatic rings. The summed E-state index contributed by atoms with van der Waals surface area (Å²) >= 11 is 0. The van der Waals surface area contributed by atoms with Gasteiger partial charge in [0.05, 0.1) is 0 Å². The fourth-order valence-electron chi connectivity index (χ4n) is 3.76. The van der Waals surface area contributed by atoms with Crippen molar-refractivity contribution in [3.8, 4) is 11.5 Å². The molecule has 34 heavy (non-hydrogen) atoms. The SMILES string of the molecule is Cc1cc(C)cc(NC[C@@H](O)COc2ccc(OC[C@H](O)CNc3cc(C)cc(C)c3)cc2)c1. The van der Waals surface area contributed by atoms with Gasteiger partial charge in [-0.05, 0) is 98.5 Å². The van der Waals surface area contributed by atoms with Crippen LogP contribution in [0.4, 0.5) is 11.4 Å². The van der Waals surface area contributed by atoms with Gasteiger partial charge in [0.2, 0.25) is 0 Å². The molecule has 0 aliphatic rings. The maximum absolute atomic E-state index is 10.2. The van der Waals surface area contributed by atoms with Gasteiger partial charge in [-0.1, -0.05) is 12.1 Å². The van der Waals surface area contributed by atoms with Crippen molar-refractivity contribution in [3.05, 3.63) is 82.9 Å². The zero-order valence-electron chi connectivity index (χ0n) is 20.5. The Bertz CT molecular complexity index is 928. The number of hydrogen-bond acceptors (Lipinski definition) is 6. The van der Waals surface area contributed by atoms with E-state index in [1.54, 1.807) is 24.3 Å². The van der Waals surface area contributed by atoms with Gasteiger partial charge in [-0.25, -0.2) is 0 Å². The average Bonchev–Trinajstić information content (AvgIpc) is 2.78. The van der Waals surface area contributed by atoms with Gasteiger partial charge in [0.1, 0.15) is 36.9 Å². The standard InChI is InChI=1S/C28H36N2O4/c1-19-9-20(2)12-23(11-19)29-15-25(31)17-33-27-5-7-28(8-6-27)34-18-26(32)16-30-24-13-21(3)10-22(4)14-24/h5-14,25-26,29-32H,15-18H2,1-4H3/t25-,26-/m1/s1. The van der Waals surface area contributed by atoms with E-state index in [9.17, 15) is 10.2 Å². The minimum Gasteiger partial charge on any atom is -0.491 e. The Labute approximate surface area is 202 Å². The summed E-state index contributed by atoms with van der Waals surface area (Å²) in [5, 5.41) is 26.9. The van der Waals surface area contributed by atoms with E-state index in [1.807, 2.05) is 0 Å². The van der Waals surface area contributed by atoms with Gasteiger partial charge in [-0.15, -0.1) is 0 Å². The van der Waals surface area contributed by atoms with Crippen LogP contribution in [0.25, 0.3) is 0 Å². The van der Waals surface area contributed by atoms with Crippen LogP contribution in [0.1, 0.15) is 22.3 Å². The van der Waals surface area contributed by atoms with Crippen LogP contribution in [-0.2, 0) is 0 Å². The van der Waals surface area contributed by atoms with Crippen molar-refractivity contribution in [1.82, 2.24) is 0 Å². The van der Waals surface area contributed by atoms with E-state index in [1.165, 1.54) is 22.3 Å². The van der Waals surface area contributed by atoms with E-state index < -0.39 is 12.2 Å². The molecule has 3 rings (SSSR count). The molecule has 6 nitrogen and oxygen atoms in total. The van der Waals surface area contributed by atoms with Gasteiger partial charge in [0, 0.05) is 24.5 Å². The second kappa shape index (κ2) is 12.3. The highest BCUT2D eigenvalue weighted by atomic mass is 16.5. The van der Waals surface area contributed by atoms with Crippen LogP contribution in [0, 0.1) is 27.7 Å². The molecule has 0 saturated carbocycles. The highest BCUT2D eigenvalue weighted by molar-refractivity contribution is 5.49. The molecule has 4 N–H and O–H groups in total. The number of aliphatic hydroxyl groups excluding tert-OH is 2. The lowest BCUT2D eigenvalue weighted by atomic mass is 10.1. The number of aryl methyl sites for hydroxylation is 4. The van der Waals surface area contributed by atoms with Crippen LogP contribution in [0.3, 0.4) is 0 Å². The Morgan fingerprint density at radius 1 is 0.588 bits per heavy atom. The summed E-state index contributed by atoms with van der Waals surface area (Å²) in [4.78, 5) is 0. The molecule has 0 heterocycles. The van der Waals surface area contributed by atoms with Crippen molar-refractivity contribution in [2.24, 2.45) is 0 Å². The lowest BCUT2D eigenvalue weighted by Gasteiger charge is -2.16. The number of aliphatic hydroxyl groups is 2. The molecule has 0 aliphatic heterocycles. The molecule has 3 aromatic carbocycles. The molecular formula is C28H36N2O4. The predicted octanol–water partition coefficient (Wildman–Crippen LogP) is 4.62. The van der Waals surface area contributed by atoms with Crippen LogP contribution in [0.15, 0.2) is 60.7 Å². The van der Waals surface area contributed by atoms with Gasteiger partial charge in [0.25, 0.3) is 0 Å². The smallest absolute Gasteiger partial charge is 0.119 e. The molecule has 0 amide bonds. The van der Waals surface area contributed by atoms with E-state index in [4.69, 9.17) is 9.47 Å². The highest BCUT2D eigenvalue weighted by Crippen LogP contribution is 2.19. The Morgan fingerprint density at radius 2 is 0.912 bits per heavy atom. The zero-order valence-corrected chi connectivity index (χ0v) is 20.5. The normalized spacial score (nSPS) is 12.6. The minimum absolute atomic E-state index is 0.181. The van der Waals surface area contributed by atoms with Crippen LogP contribution < -0.4 is 20.1 Å². The molecule has 2 atom stereocenters. The number of ether oxygens (including phenoxy) is 2. The molecule has 0 saturated heterocycles. The van der Waals surface area contributed by atoms with Crippen molar-refractivity contribution >= 4 is 11.4 Å². The van der Waals surface area contributed by atoms with Crippen LogP contribution in [-0.4, -0.2) is 48.7 Å². The Hall–Kier alpha value is -3.22. The first kappa shape index (κ1) is 25.4. The molecular weight excluding hydrogens is 428 g/mol. The summed E-state index contributed by atoms with van der Waals surface area (Å²) < 4.78 is 11.4. The zero-order chi connectivity index (χ0) is 24.5. The summed E-state index contributed by atoms with van der Waals surface area (Å²) in [5.41, 5.74) is 6.71. The Morgan fingerprint density at radius 3 is 1.24 bits per heavy atom. The van der Waals surface area contributed by atoms with Gasteiger partial charge in [-0.2, -0.15) is 0 Å². The first-order valence-electron chi connectivity index (χ1n) is 11.6. The number of nitrogens with one attached hydrogen (secondary N) is 2. The van der Waals surface area contributed by atoms with Gasteiger partial charge in [0.15, 0.2) is 0 Å². The second-order valence-corrected chi connectivity index (χ2v) is 8.92. The number of benzene rings is 3. The lowest BCUT2D eigenvalue weighted by Crippen LogP contribution is -2.26. The van der Waals surface area contributed by atoms with Crippen LogP contribution in [0.5, 0.6) is 11.5 Å². The summed E-state index contributed by atoms with van der Waals surface area (Å²) in [7, 11) is 0. The third kappa shape index (κ3) is 8.61. The van der Waals surface area contributed by atoms with E-state index in [-0.39, 0.29) is 13.2 Å². The predicted molar refractivity (Wildman–Crippen MR) is 138 cm³/mol. The lowest BCUT2D eigenvalue weighted by molar-refractivity contribution is 0.115. The van der Waals surface area contributed by atoms with E-state index in [0.29, 0.717) is 24.6 Å². The highest BCUT2D eigenvalue weighted by Gasteiger charge is 2.08. The summed E-state index contributed by atoms with van der Waals surface area (Å²) in [5.74, 6) is 1.30. The van der Waals surface area contributed by atoms with Gasteiger partial charge in [-0.3, -0.25) is 0 Å². The topological polar surface area (TPSA) is 83.0 Å². The van der Waals surface area contributed by atoms with Gasteiger partial charge < -0.3 is 30.3 Å². The Balaban J connectivity index is 1.36. The van der Waals surface area contributed by atoms with Crippen molar-refractivity contribution in [2.45, 2.75) is 39.9 Å². The molecule has 0 aromatic heterocycles. The quantitative estimate of drug-likeness (QED) is 0.313. The molecule has 0 bridgehead atoms. The minimum atomic E-state index is -0.642. The molecule has 0 radical (unpaired) electrons. The largest absolute Gasteiger partial charge is 0.491 e. The number of anilines is 2. The van der Waals surface area contributed by atoms with E-state index in [2.05, 4.69) is 74.7 Å². The first-order valence-corrected chi connectivity index (χ1v) is 11.6. The summed E-state index contributed by atoms with van der Waals surface area (Å²) in [6.45, 7) is 9.37. The van der Waals surface area contributed by atoms with E-state index in [0.717, 1.165) is 11.4 Å². The molecule has 0 unspecified atom stereocenters. The number of rotatable bonds is 12. The molecule has 6 heteroatoms. The van der Waals surface area contributed by atoms with Crippen molar-refractivity contribution < 1.29 is 19.7 Å². The molecule has 0 spiro atoms. The molecule has 182 valence electrons. The summed E-state index contributed by atoms with van der Waals surface area (Å²) in [6, 6.07) is 19.6. The van der Waals surface area contributed by atoms with Crippen molar-refractivity contribution in [1.29, 1.82) is 0 Å². The molecule has 0 aliphatic carbocycles. The number of hydrogen-bond donors (Lipinski definition) is 4. The molecule has 0 fully saturated rings. The third-order valence-corrected chi connectivity index (χ3v) is 5.24. The maximum Gasteiger partial charge on any atom is 0.119 e. The Kier molecular flexibility index (Phi) is 9.19. The average molecular weight is 465 g/mol. The maximum atomic E-state index is 10.2.